The fourth-order valence-electron chi connectivity index (χ4n) is 3.54. The molecule has 1 heterocycles. The fraction of sp³-hybridized carbons (Fsp3) is 0.667. The molecule has 0 aromatic heterocycles. The van der Waals surface area contributed by atoms with E-state index in [0.29, 0.717) is 0 Å². The SMILES string of the molecule is CC(C)(C)[Si](C)(C)O/C=C1/C=C2CCC[C@H]2[C@H]2C(=O)OC(=O)[C@@H]12. The van der Waals surface area contributed by atoms with E-state index < -0.39 is 20.2 Å². The van der Waals surface area contributed by atoms with Gasteiger partial charge in [0.15, 0.2) is 0 Å². The molecule has 1 saturated carbocycles. The van der Waals surface area contributed by atoms with E-state index >= 15 is 0 Å². The first kappa shape index (κ1) is 16.5. The average Bonchev–Trinajstić information content (AvgIpc) is 2.99. The summed E-state index contributed by atoms with van der Waals surface area (Å²) in [6.07, 6.45) is 6.90. The lowest BCUT2D eigenvalue weighted by atomic mass is 9.72. The number of fused-ring (bicyclic) bond motifs is 3. The van der Waals surface area contributed by atoms with Crippen LogP contribution in [0.25, 0.3) is 0 Å². The van der Waals surface area contributed by atoms with E-state index in [1.54, 1.807) is 6.26 Å². The molecule has 0 bridgehead atoms. The molecule has 2 aliphatic carbocycles. The lowest BCUT2D eigenvalue weighted by Gasteiger charge is -2.36. The van der Waals surface area contributed by atoms with Gasteiger partial charge in [0.25, 0.3) is 0 Å². The summed E-state index contributed by atoms with van der Waals surface area (Å²) in [6.45, 7) is 10.9. The zero-order chi connectivity index (χ0) is 17.0. The van der Waals surface area contributed by atoms with Crippen LogP contribution in [0.3, 0.4) is 0 Å². The number of allylic oxidation sites excluding steroid dienone is 2. The Kier molecular flexibility index (Phi) is 3.82. The van der Waals surface area contributed by atoms with Crippen LogP contribution in [0.15, 0.2) is 23.5 Å². The van der Waals surface area contributed by atoms with Gasteiger partial charge in [0.1, 0.15) is 0 Å². The number of carbonyl (C=O) groups excluding carboxylic acids is 2. The Hall–Kier alpha value is -1.36. The van der Waals surface area contributed by atoms with Crippen molar-refractivity contribution in [1.29, 1.82) is 0 Å². The van der Waals surface area contributed by atoms with Crippen LogP contribution in [0.5, 0.6) is 0 Å². The van der Waals surface area contributed by atoms with Crippen molar-refractivity contribution in [3.63, 3.8) is 0 Å². The molecule has 0 aromatic rings. The predicted molar refractivity (Wildman–Crippen MR) is 89.9 cm³/mol. The van der Waals surface area contributed by atoms with Crippen LogP contribution in [0.4, 0.5) is 0 Å². The van der Waals surface area contributed by atoms with Crippen molar-refractivity contribution in [3.8, 4) is 0 Å². The van der Waals surface area contributed by atoms with E-state index in [1.165, 1.54) is 5.57 Å². The molecule has 2 fully saturated rings. The summed E-state index contributed by atoms with van der Waals surface area (Å²) in [6, 6.07) is 0. The number of hydrogen-bond donors (Lipinski definition) is 0. The van der Waals surface area contributed by atoms with Gasteiger partial charge in [0.05, 0.1) is 18.1 Å². The lowest BCUT2D eigenvalue weighted by Crippen LogP contribution is -2.39. The van der Waals surface area contributed by atoms with Crippen LogP contribution in [0.2, 0.25) is 18.1 Å². The van der Waals surface area contributed by atoms with Crippen LogP contribution < -0.4 is 0 Å². The van der Waals surface area contributed by atoms with Crippen LogP contribution in [0, 0.1) is 17.8 Å². The minimum atomic E-state index is -1.95. The van der Waals surface area contributed by atoms with Crippen molar-refractivity contribution in [2.45, 2.75) is 58.2 Å². The molecule has 126 valence electrons. The summed E-state index contributed by atoms with van der Waals surface area (Å²) in [5.74, 6) is -1.38. The molecular weight excluding hydrogens is 308 g/mol. The Morgan fingerprint density at radius 1 is 1.26 bits per heavy atom. The Balaban J connectivity index is 1.94. The van der Waals surface area contributed by atoms with Crippen LogP contribution in [-0.4, -0.2) is 20.3 Å². The van der Waals surface area contributed by atoms with Crippen LogP contribution >= 0.6 is 0 Å². The zero-order valence-corrected chi connectivity index (χ0v) is 15.6. The van der Waals surface area contributed by atoms with E-state index in [1.807, 2.05) is 0 Å². The predicted octanol–water partition coefficient (Wildman–Crippen LogP) is 3.95. The molecule has 3 aliphatic rings. The third-order valence-corrected chi connectivity index (χ3v) is 10.3. The van der Waals surface area contributed by atoms with Crippen molar-refractivity contribution in [2.75, 3.05) is 0 Å². The maximum Gasteiger partial charge on any atom is 0.322 e. The van der Waals surface area contributed by atoms with E-state index in [0.717, 1.165) is 24.8 Å². The maximum absolute atomic E-state index is 12.2. The standard InChI is InChI=1S/C18H26O4Si/c1-18(2,3)23(4,5)21-10-12-9-11-7-6-8-13(11)15-14(12)16(19)22-17(15)20/h9-10,13-15H,6-8H2,1-5H3/b12-10-/t13-,14+,15-/m1/s1. The number of cyclic esters (lactones) is 2. The van der Waals surface area contributed by atoms with E-state index in [-0.39, 0.29) is 22.8 Å². The van der Waals surface area contributed by atoms with Gasteiger partial charge in [0, 0.05) is 5.57 Å². The molecular formula is C18H26O4Si. The number of carbonyl (C=O) groups is 2. The highest BCUT2D eigenvalue weighted by atomic mass is 28.4. The first-order valence-electron chi connectivity index (χ1n) is 8.46. The Bertz CT molecular complexity index is 609. The fourth-order valence-corrected chi connectivity index (χ4v) is 4.33. The highest BCUT2D eigenvalue weighted by Gasteiger charge is 2.53. The molecule has 23 heavy (non-hydrogen) atoms. The second kappa shape index (κ2) is 5.33. The van der Waals surface area contributed by atoms with Crippen molar-refractivity contribution < 1.29 is 18.8 Å². The molecule has 0 aromatic carbocycles. The topological polar surface area (TPSA) is 52.6 Å². The van der Waals surface area contributed by atoms with Crippen LogP contribution in [-0.2, 0) is 18.8 Å². The number of hydrogen-bond acceptors (Lipinski definition) is 4. The Morgan fingerprint density at radius 2 is 1.96 bits per heavy atom. The summed E-state index contributed by atoms with van der Waals surface area (Å²) in [5, 5.41) is 0.0904. The molecule has 0 amide bonds. The normalized spacial score (nSPS) is 32.5. The second-order valence-corrected chi connectivity index (χ2v) is 13.2. The molecule has 5 heteroatoms. The van der Waals surface area contributed by atoms with Crippen molar-refractivity contribution in [1.82, 2.24) is 0 Å². The van der Waals surface area contributed by atoms with Gasteiger partial charge in [-0.25, -0.2) is 0 Å². The first-order chi connectivity index (χ1) is 10.6. The average molecular weight is 334 g/mol. The minimum Gasteiger partial charge on any atom is -0.549 e. The summed E-state index contributed by atoms with van der Waals surface area (Å²) in [7, 11) is -1.95. The largest absolute Gasteiger partial charge is 0.549 e. The summed E-state index contributed by atoms with van der Waals surface area (Å²) in [5.41, 5.74) is 2.10. The molecule has 1 saturated heterocycles. The lowest BCUT2D eigenvalue weighted by molar-refractivity contribution is -0.153. The van der Waals surface area contributed by atoms with Gasteiger partial charge in [-0.2, -0.15) is 0 Å². The number of rotatable bonds is 2. The molecule has 1 aliphatic heterocycles. The molecule has 0 spiro atoms. The van der Waals surface area contributed by atoms with Gasteiger partial charge < -0.3 is 9.16 Å². The monoisotopic (exact) mass is 334 g/mol. The van der Waals surface area contributed by atoms with Crippen molar-refractivity contribution in [3.05, 3.63) is 23.5 Å². The van der Waals surface area contributed by atoms with Gasteiger partial charge in [-0.3, -0.25) is 9.59 Å². The van der Waals surface area contributed by atoms with Gasteiger partial charge in [-0.1, -0.05) is 32.4 Å². The van der Waals surface area contributed by atoms with E-state index in [2.05, 4.69) is 39.9 Å². The molecule has 4 nitrogen and oxygen atoms in total. The smallest absolute Gasteiger partial charge is 0.322 e. The molecule has 0 N–H and O–H groups in total. The Labute approximate surface area is 139 Å². The number of ether oxygens (including phenoxy) is 1. The van der Waals surface area contributed by atoms with Crippen LogP contribution in [0.1, 0.15) is 40.0 Å². The van der Waals surface area contributed by atoms with E-state index in [4.69, 9.17) is 9.16 Å². The van der Waals surface area contributed by atoms with Gasteiger partial charge in [0.2, 0.25) is 8.32 Å². The zero-order valence-electron chi connectivity index (χ0n) is 14.6. The molecule has 3 atom stereocenters. The molecule has 3 rings (SSSR count). The van der Waals surface area contributed by atoms with E-state index in [9.17, 15) is 9.59 Å². The summed E-state index contributed by atoms with van der Waals surface area (Å²) >= 11 is 0. The second-order valence-electron chi connectivity index (χ2n) is 8.46. The van der Waals surface area contributed by atoms with Crippen molar-refractivity contribution in [2.24, 2.45) is 17.8 Å². The molecule has 0 radical (unpaired) electrons. The van der Waals surface area contributed by atoms with Crippen molar-refractivity contribution >= 4 is 20.3 Å². The summed E-state index contributed by atoms with van der Waals surface area (Å²) < 4.78 is 11.1. The Morgan fingerprint density at radius 3 is 2.61 bits per heavy atom. The third-order valence-electron chi connectivity index (χ3n) is 5.98. The number of esters is 2. The third kappa shape index (κ3) is 2.69. The quantitative estimate of drug-likeness (QED) is 0.332. The van der Waals surface area contributed by atoms with Gasteiger partial charge in [-0.15, -0.1) is 0 Å². The summed E-state index contributed by atoms with van der Waals surface area (Å²) in [4.78, 5) is 24.3. The maximum atomic E-state index is 12.2. The van der Waals surface area contributed by atoms with Gasteiger partial charge >= 0.3 is 11.9 Å². The minimum absolute atomic E-state index is 0.0904. The van der Waals surface area contributed by atoms with Gasteiger partial charge in [-0.05, 0) is 43.3 Å². The highest BCUT2D eigenvalue weighted by Crippen LogP contribution is 2.50. The first-order valence-corrected chi connectivity index (χ1v) is 11.4. The highest BCUT2D eigenvalue weighted by molar-refractivity contribution is 6.74. The molecule has 0 unspecified atom stereocenters.